The Hall–Kier alpha value is -2.47. The first-order valence-corrected chi connectivity index (χ1v) is 11.5. The Balaban J connectivity index is 1.48. The Morgan fingerprint density at radius 1 is 1.03 bits per heavy atom. The van der Waals surface area contributed by atoms with Crippen molar-refractivity contribution in [1.29, 1.82) is 0 Å². The number of carbonyl (C=O) groups is 2. The number of hydrogen-bond donors (Lipinski definition) is 1. The van der Waals surface area contributed by atoms with Crippen LogP contribution in [0, 0.1) is 6.92 Å². The van der Waals surface area contributed by atoms with Crippen molar-refractivity contribution in [1.82, 2.24) is 4.90 Å². The molecule has 1 atom stereocenters. The van der Waals surface area contributed by atoms with Crippen LogP contribution >= 0.6 is 35.0 Å². The summed E-state index contributed by atoms with van der Waals surface area (Å²) in [7, 11) is 0. The van der Waals surface area contributed by atoms with Gasteiger partial charge in [-0.25, -0.2) is 0 Å². The van der Waals surface area contributed by atoms with Crippen LogP contribution in [0.5, 0.6) is 0 Å². The van der Waals surface area contributed by atoms with Crippen molar-refractivity contribution in [3.8, 4) is 0 Å². The molecule has 4 nitrogen and oxygen atoms in total. The van der Waals surface area contributed by atoms with Gasteiger partial charge >= 0.3 is 0 Å². The predicted octanol–water partition coefficient (Wildman–Crippen LogP) is 6.33. The topological polar surface area (TPSA) is 49.4 Å². The van der Waals surface area contributed by atoms with Crippen molar-refractivity contribution < 1.29 is 9.59 Å². The predicted molar refractivity (Wildman–Crippen MR) is 128 cm³/mol. The van der Waals surface area contributed by atoms with Crippen LogP contribution in [0.25, 0.3) is 0 Å². The van der Waals surface area contributed by atoms with Gasteiger partial charge in [-0.2, -0.15) is 0 Å². The zero-order chi connectivity index (χ0) is 22.0. The van der Waals surface area contributed by atoms with E-state index in [9.17, 15) is 9.59 Å². The molecule has 0 unspecified atom stereocenters. The normalized spacial score (nSPS) is 15.9. The maximum Gasteiger partial charge on any atom is 0.255 e. The van der Waals surface area contributed by atoms with E-state index in [4.69, 9.17) is 23.2 Å². The zero-order valence-electron chi connectivity index (χ0n) is 16.8. The van der Waals surface area contributed by atoms with Crippen molar-refractivity contribution in [3.05, 3.63) is 99.0 Å². The average Bonchev–Trinajstić information content (AvgIpc) is 3.12. The summed E-state index contributed by atoms with van der Waals surface area (Å²) in [6.45, 7) is 2.43. The third-order valence-corrected chi connectivity index (χ3v) is 6.88. The van der Waals surface area contributed by atoms with E-state index in [1.54, 1.807) is 36.0 Å². The summed E-state index contributed by atoms with van der Waals surface area (Å²) in [5, 5.41) is 4.06. The number of thioether (sulfide) groups is 1. The Morgan fingerprint density at radius 2 is 1.71 bits per heavy atom. The Kier molecular flexibility index (Phi) is 6.56. The maximum atomic E-state index is 12.7. The van der Waals surface area contributed by atoms with Gasteiger partial charge in [0.2, 0.25) is 5.91 Å². The number of hydrogen-bond acceptors (Lipinski definition) is 3. The van der Waals surface area contributed by atoms with Gasteiger partial charge in [0.25, 0.3) is 5.91 Å². The van der Waals surface area contributed by atoms with Crippen LogP contribution in [0.1, 0.15) is 32.4 Å². The molecule has 0 bridgehead atoms. The van der Waals surface area contributed by atoms with Gasteiger partial charge in [0.05, 0.1) is 5.75 Å². The number of anilines is 1. The van der Waals surface area contributed by atoms with Crippen molar-refractivity contribution >= 4 is 52.5 Å². The standard InChI is InChI=1S/C24H20Cl2N2O2S/c1-15-2-9-20(26)12-21(15)27-23(30)17-5-7-18(8-6-17)24-28(22(29)14-31-24)13-16-3-10-19(25)11-4-16/h2-12,24H,13-14H2,1H3,(H,27,30)/t24-/m1/s1. The maximum absolute atomic E-state index is 12.7. The summed E-state index contributed by atoms with van der Waals surface area (Å²) >= 11 is 13.6. The number of rotatable bonds is 5. The molecule has 3 aromatic rings. The molecule has 158 valence electrons. The molecular formula is C24H20Cl2N2O2S. The lowest BCUT2D eigenvalue weighted by Crippen LogP contribution is -2.27. The smallest absolute Gasteiger partial charge is 0.255 e. The molecule has 0 saturated carbocycles. The summed E-state index contributed by atoms with van der Waals surface area (Å²) in [5.41, 5.74) is 4.18. The number of nitrogens with one attached hydrogen (secondary N) is 1. The SMILES string of the molecule is Cc1ccc(Cl)cc1NC(=O)c1ccc([C@H]2SCC(=O)N2Cc2ccc(Cl)cc2)cc1. The van der Waals surface area contributed by atoms with Crippen molar-refractivity contribution in [2.45, 2.75) is 18.8 Å². The molecule has 4 rings (SSSR count). The average molecular weight is 471 g/mol. The first-order chi connectivity index (χ1) is 14.9. The molecule has 31 heavy (non-hydrogen) atoms. The Labute approximate surface area is 195 Å². The highest BCUT2D eigenvalue weighted by atomic mass is 35.5. The summed E-state index contributed by atoms with van der Waals surface area (Å²) in [4.78, 5) is 27.0. The molecule has 1 aliphatic heterocycles. The van der Waals surface area contributed by atoms with E-state index < -0.39 is 0 Å². The molecule has 0 radical (unpaired) electrons. The molecular weight excluding hydrogens is 451 g/mol. The summed E-state index contributed by atoms with van der Waals surface area (Å²) < 4.78 is 0. The van der Waals surface area contributed by atoms with Gasteiger partial charge in [-0.1, -0.05) is 53.5 Å². The van der Waals surface area contributed by atoms with E-state index in [2.05, 4.69) is 5.32 Å². The van der Waals surface area contributed by atoms with Gasteiger partial charge in [0.15, 0.2) is 0 Å². The van der Waals surface area contributed by atoms with Gasteiger partial charge in [-0.05, 0) is 60.0 Å². The van der Waals surface area contributed by atoms with E-state index in [-0.39, 0.29) is 17.2 Å². The minimum atomic E-state index is -0.204. The monoisotopic (exact) mass is 470 g/mol. The zero-order valence-corrected chi connectivity index (χ0v) is 19.1. The fourth-order valence-corrected chi connectivity index (χ4v) is 4.90. The number of halogens is 2. The van der Waals surface area contributed by atoms with E-state index >= 15 is 0 Å². The second-order valence-electron chi connectivity index (χ2n) is 7.35. The molecule has 3 aromatic carbocycles. The molecule has 2 amide bonds. The molecule has 1 aliphatic rings. The van der Waals surface area contributed by atoms with Crippen LogP contribution in [-0.4, -0.2) is 22.5 Å². The number of aryl methyl sites for hydroxylation is 1. The first kappa shape index (κ1) is 21.8. The van der Waals surface area contributed by atoms with E-state index in [1.807, 2.05) is 54.3 Å². The lowest BCUT2D eigenvalue weighted by Gasteiger charge is -2.24. The molecule has 0 spiro atoms. The van der Waals surface area contributed by atoms with Gasteiger partial charge in [0.1, 0.15) is 5.37 Å². The minimum absolute atomic E-state index is 0.0875. The quantitative estimate of drug-likeness (QED) is 0.473. The van der Waals surface area contributed by atoms with E-state index in [0.29, 0.717) is 33.6 Å². The fourth-order valence-electron chi connectivity index (χ4n) is 3.41. The lowest BCUT2D eigenvalue weighted by atomic mass is 10.1. The van der Waals surface area contributed by atoms with Gasteiger partial charge in [-0.3, -0.25) is 9.59 Å². The minimum Gasteiger partial charge on any atom is -0.322 e. The number of benzene rings is 3. The first-order valence-electron chi connectivity index (χ1n) is 9.74. The Morgan fingerprint density at radius 3 is 2.42 bits per heavy atom. The highest BCUT2D eigenvalue weighted by Crippen LogP contribution is 2.39. The van der Waals surface area contributed by atoms with Crippen molar-refractivity contribution in [3.63, 3.8) is 0 Å². The molecule has 7 heteroatoms. The molecule has 1 heterocycles. The van der Waals surface area contributed by atoms with Crippen LogP contribution in [0.2, 0.25) is 10.0 Å². The molecule has 1 fully saturated rings. The molecule has 1 N–H and O–H groups in total. The van der Waals surface area contributed by atoms with Crippen molar-refractivity contribution in [2.24, 2.45) is 0 Å². The number of amides is 2. The van der Waals surface area contributed by atoms with Gasteiger partial charge in [0, 0.05) is 27.8 Å². The van der Waals surface area contributed by atoms with Crippen LogP contribution in [0.3, 0.4) is 0 Å². The largest absolute Gasteiger partial charge is 0.322 e. The van der Waals surface area contributed by atoms with Crippen LogP contribution in [0.15, 0.2) is 66.7 Å². The molecule has 0 aromatic heterocycles. The second kappa shape index (κ2) is 9.35. The highest BCUT2D eigenvalue weighted by molar-refractivity contribution is 8.00. The summed E-state index contributed by atoms with van der Waals surface area (Å²) in [6.07, 6.45) is 0. The molecule has 1 saturated heterocycles. The molecule has 0 aliphatic carbocycles. The summed E-state index contributed by atoms with van der Waals surface area (Å²) in [6, 6.07) is 20.3. The Bertz CT molecular complexity index is 1120. The lowest BCUT2D eigenvalue weighted by molar-refractivity contribution is -0.128. The fraction of sp³-hybridized carbons (Fsp3) is 0.167. The second-order valence-corrected chi connectivity index (χ2v) is 9.29. The van der Waals surface area contributed by atoms with Crippen molar-refractivity contribution in [2.75, 3.05) is 11.1 Å². The van der Waals surface area contributed by atoms with Gasteiger partial charge < -0.3 is 10.2 Å². The van der Waals surface area contributed by atoms with Crippen LogP contribution in [0.4, 0.5) is 5.69 Å². The highest BCUT2D eigenvalue weighted by Gasteiger charge is 2.32. The third-order valence-electron chi connectivity index (χ3n) is 5.14. The third kappa shape index (κ3) is 5.06. The van der Waals surface area contributed by atoms with Crippen LogP contribution < -0.4 is 5.32 Å². The van der Waals surface area contributed by atoms with Crippen LogP contribution in [-0.2, 0) is 11.3 Å². The summed E-state index contributed by atoms with van der Waals surface area (Å²) in [5.74, 6) is 0.336. The number of carbonyl (C=O) groups excluding carboxylic acids is 2. The number of nitrogens with zero attached hydrogens (tertiary/aromatic N) is 1. The van der Waals surface area contributed by atoms with E-state index in [0.717, 1.165) is 16.7 Å². The van der Waals surface area contributed by atoms with Gasteiger partial charge in [-0.15, -0.1) is 11.8 Å². The van der Waals surface area contributed by atoms with E-state index in [1.165, 1.54) is 0 Å².